The molecule has 2 aromatic rings. The lowest BCUT2D eigenvalue weighted by Gasteiger charge is -2.39. The molecule has 4 heterocycles. The van der Waals surface area contributed by atoms with Gasteiger partial charge in [-0.05, 0) is 43.9 Å². The van der Waals surface area contributed by atoms with Crippen molar-refractivity contribution in [1.82, 2.24) is 19.7 Å². The number of piperidine rings is 1. The van der Waals surface area contributed by atoms with Crippen LogP contribution in [0.1, 0.15) is 47.8 Å². The van der Waals surface area contributed by atoms with Gasteiger partial charge in [0.15, 0.2) is 0 Å². The predicted octanol–water partition coefficient (Wildman–Crippen LogP) is 3.31. The second kappa shape index (κ2) is 5.86. The molecule has 0 aromatic carbocycles. The number of hydrogen-bond donors (Lipinski definition) is 0. The summed E-state index contributed by atoms with van der Waals surface area (Å²) in [4.78, 5) is 18.0. The van der Waals surface area contributed by atoms with E-state index in [1.807, 2.05) is 21.8 Å². The zero-order valence-corrected chi connectivity index (χ0v) is 13.4. The van der Waals surface area contributed by atoms with Crippen molar-refractivity contribution in [3.05, 3.63) is 48.0 Å². The third-order valence-corrected chi connectivity index (χ3v) is 5.14. The van der Waals surface area contributed by atoms with Gasteiger partial charge in [0.25, 0.3) is 5.91 Å². The molecule has 2 unspecified atom stereocenters. The molecule has 0 saturated carbocycles. The van der Waals surface area contributed by atoms with Crippen molar-refractivity contribution in [2.24, 2.45) is 0 Å². The van der Waals surface area contributed by atoms with Crippen LogP contribution in [0.15, 0.2) is 36.8 Å². The molecular formula is C17H17F3N4O. The van der Waals surface area contributed by atoms with Crippen molar-refractivity contribution in [2.75, 3.05) is 0 Å². The molecule has 8 heteroatoms. The van der Waals surface area contributed by atoms with Crippen molar-refractivity contribution >= 4 is 5.91 Å². The summed E-state index contributed by atoms with van der Waals surface area (Å²) >= 11 is 0. The van der Waals surface area contributed by atoms with Gasteiger partial charge in [-0.15, -0.1) is 0 Å². The molecule has 2 aromatic heterocycles. The quantitative estimate of drug-likeness (QED) is 0.835. The summed E-state index contributed by atoms with van der Waals surface area (Å²) in [5.74, 6) is -0.229. The maximum atomic E-state index is 12.8. The highest BCUT2D eigenvalue weighted by molar-refractivity contribution is 5.94. The van der Waals surface area contributed by atoms with E-state index in [0.29, 0.717) is 0 Å². The summed E-state index contributed by atoms with van der Waals surface area (Å²) in [5, 5.41) is 4.29. The smallest absolute Gasteiger partial charge is 0.332 e. The minimum absolute atomic E-state index is 0.0998. The van der Waals surface area contributed by atoms with Gasteiger partial charge < -0.3 is 4.90 Å². The van der Waals surface area contributed by atoms with E-state index in [0.717, 1.165) is 37.9 Å². The van der Waals surface area contributed by atoms with Crippen molar-refractivity contribution in [3.63, 3.8) is 0 Å². The van der Waals surface area contributed by atoms with Gasteiger partial charge in [0.2, 0.25) is 0 Å². The minimum Gasteiger partial charge on any atom is -0.332 e. The van der Waals surface area contributed by atoms with E-state index in [1.54, 1.807) is 6.20 Å². The van der Waals surface area contributed by atoms with E-state index in [-0.39, 0.29) is 29.6 Å². The van der Waals surface area contributed by atoms with Crippen molar-refractivity contribution in [2.45, 2.75) is 50.0 Å². The summed E-state index contributed by atoms with van der Waals surface area (Å²) in [6.07, 6.45) is 3.68. The number of rotatable bonds is 2. The number of fused-ring (bicyclic) bond motifs is 2. The predicted molar refractivity (Wildman–Crippen MR) is 82.7 cm³/mol. The second-order valence-electron chi connectivity index (χ2n) is 6.64. The van der Waals surface area contributed by atoms with Crippen LogP contribution < -0.4 is 0 Å². The van der Waals surface area contributed by atoms with Crippen LogP contribution in [0.25, 0.3) is 0 Å². The Morgan fingerprint density at radius 3 is 2.36 bits per heavy atom. The normalized spacial score (nSPS) is 26.0. The number of halogens is 3. The summed E-state index contributed by atoms with van der Waals surface area (Å²) in [5.41, 5.74) is -0.771. The molecule has 0 radical (unpaired) electrons. The van der Waals surface area contributed by atoms with Crippen LogP contribution in [-0.4, -0.2) is 37.7 Å². The highest BCUT2D eigenvalue weighted by Gasteiger charge is 2.44. The highest BCUT2D eigenvalue weighted by Crippen LogP contribution is 2.41. The van der Waals surface area contributed by atoms with Crippen molar-refractivity contribution in [3.8, 4) is 0 Å². The van der Waals surface area contributed by atoms with E-state index in [4.69, 9.17) is 0 Å². The van der Waals surface area contributed by atoms with E-state index in [9.17, 15) is 18.0 Å². The number of nitrogens with zero attached hydrogens (tertiary/aromatic N) is 4. The van der Waals surface area contributed by atoms with Gasteiger partial charge in [-0.2, -0.15) is 18.3 Å². The lowest BCUT2D eigenvalue weighted by Crippen LogP contribution is -2.47. The molecule has 25 heavy (non-hydrogen) atoms. The molecule has 2 aliphatic heterocycles. The first-order chi connectivity index (χ1) is 11.9. The van der Waals surface area contributed by atoms with Gasteiger partial charge in [-0.3, -0.25) is 14.5 Å². The molecule has 0 spiro atoms. The van der Waals surface area contributed by atoms with E-state index in [2.05, 4.69) is 10.1 Å². The molecular weight excluding hydrogens is 333 g/mol. The molecule has 132 valence electrons. The lowest BCUT2D eigenvalue weighted by molar-refractivity contribution is -0.141. The van der Waals surface area contributed by atoms with Crippen LogP contribution in [0.5, 0.6) is 0 Å². The maximum Gasteiger partial charge on any atom is 0.433 e. The van der Waals surface area contributed by atoms with E-state index in [1.165, 1.54) is 6.07 Å². The first-order valence-corrected chi connectivity index (χ1v) is 8.28. The SMILES string of the molecule is O=C(c1ccc(C(F)(F)F)nc1)N1C2CCC1CC(n1cccn1)C2. The number of carbonyl (C=O) groups excluding carboxylic acids is 1. The average Bonchev–Trinajstić information content (AvgIpc) is 3.20. The van der Waals surface area contributed by atoms with E-state index < -0.39 is 11.9 Å². The van der Waals surface area contributed by atoms with Crippen LogP contribution in [0.2, 0.25) is 0 Å². The summed E-state index contributed by atoms with van der Waals surface area (Å²) in [6, 6.07) is 4.43. The number of pyridine rings is 1. The minimum atomic E-state index is -4.50. The fourth-order valence-corrected chi connectivity index (χ4v) is 4.03. The third-order valence-electron chi connectivity index (χ3n) is 5.14. The molecule has 0 N–H and O–H groups in total. The Labute approximate surface area is 142 Å². The van der Waals surface area contributed by atoms with Gasteiger partial charge in [0.05, 0.1) is 11.6 Å². The van der Waals surface area contributed by atoms with Crippen LogP contribution in [0, 0.1) is 0 Å². The van der Waals surface area contributed by atoms with Crippen LogP contribution in [-0.2, 0) is 6.18 Å². The Morgan fingerprint density at radius 2 is 1.84 bits per heavy atom. The number of carbonyl (C=O) groups is 1. The molecule has 0 aliphatic carbocycles. The Hall–Kier alpha value is -2.38. The van der Waals surface area contributed by atoms with Gasteiger partial charge in [0.1, 0.15) is 5.69 Å². The van der Waals surface area contributed by atoms with Gasteiger partial charge in [-0.25, -0.2) is 0 Å². The molecule has 5 nitrogen and oxygen atoms in total. The Balaban J connectivity index is 1.52. The molecule has 2 bridgehead atoms. The summed E-state index contributed by atoms with van der Waals surface area (Å²) in [6.45, 7) is 0. The Morgan fingerprint density at radius 1 is 1.12 bits per heavy atom. The van der Waals surface area contributed by atoms with Crippen LogP contribution in [0.3, 0.4) is 0 Å². The van der Waals surface area contributed by atoms with Crippen molar-refractivity contribution < 1.29 is 18.0 Å². The Bertz CT molecular complexity index is 743. The maximum absolute atomic E-state index is 12.8. The molecule has 2 fully saturated rings. The fraction of sp³-hybridized carbons (Fsp3) is 0.471. The first-order valence-electron chi connectivity index (χ1n) is 8.28. The highest BCUT2D eigenvalue weighted by atomic mass is 19.4. The van der Waals surface area contributed by atoms with E-state index >= 15 is 0 Å². The lowest BCUT2D eigenvalue weighted by atomic mass is 9.96. The molecule has 4 rings (SSSR count). The number of amides is 1. The number of hydrogen-bond acceptors (Lipinski definition) is 3. The topological polar surface area (TPSA) is 51.0 Å². The molecule has 1 amide bonds. The zero-order chi connectivity index (χ0) is 17.6. The van der Waals surface area contributed by atoms with Gasteiger partial charge in [0, 0.05) is 30.7 Å². The standard InChI is InChI=1S/C17H17F3N4O/c18-17(19,20)15-5-2-11(10-21-15)16(25)24-12-3-4-13(24)9-14(8-12)23-7-1-6-22-23/h1-2,5-7,10,12-14H,3-4,8-9H2. The molecule has 2 atom stereocenters. The second-order valence-corrected chi connectivity index (χ2v) is 6.64. The number of alkyl halides is 3. The monoisotopic (exact) mass is 350 g/mol. The first kappa shape index (κ1) is 16.1. The fourth-order valence-electron chi connectivity index (χ4n) is 4.03. The summed E-state index contributed by atoms with van der Waals surface area (Å²) < 4.78 is 39.8. The van der Waals surface area contributed by atoms with Gasteiger partial charge >= 0.3 is 6.18 Å². The average molecular weight is 350 g/mol. The largest absolute Gasteiger partial charge is 0.433 e. The van der Waals surface area contributed by atoms with Gasteiger partial charge in [-0.1, -0.05) is 0 Å². The van der Waals surface area contributed by atoms with Crippen LogP contribution >= 0.6 is 0 Å². The number of aromatic nitrogens is 3. The third kappa shape index (κ3) is 2.89. The van der Waals surface area contributed by atoms with Crippen LogP contribution in [0.4, 0.5) is 13.2 Å². The molecule has 2 aliphatic rings. The summed E-state index contributed by atoms with van der Waals surface area (Å²) in [7, 11) is 0. The molecule has 2 saturated heterocycles. The Kier molecular flexibility index (Phi) is 3.77. The van der Waals surface area contributed by atoms with Crippen molar-refractivity contribution in [1.29, 1.82) is 0 Å². The zero-order valence-electron chi connectivity index (χ0n) is 13.4.